The minimum absolute atomic E-state index is 0.379. The minimum Gasteiger partial charge on any atom is -0.493 e. The first-order chi connectivity index (χ1) is 12.3. The zero-order valence-electron chi connectivity index (χ0n) is 13.7. The standard InChI is InChI=1S/C18H17N3O3S/c1-23-17(22)14-6-5-9-16(12-14)24-10-11-25-18-19-13-21(20-18)15-7-3-2-4-8-15/h2-9,12-13H,10-11H2,1H3. The van der Waals surface area contributed by atoms with Crippen LogP contribution in [0.3, 0.4) is 0 Å². The van der Waals surface area contributed by atoms with E-state index in [1.807, 2.05) is 30.3 Å². The number of carbonyl (C=O) groups is 1. The molecule has 0 N–H and O–H groups in total. The minimum atomic E-state index is -0.379. The van der Waals surface area contributed by atoms with Crippen molar-refractivity contribution in [1.82, 2.24) is 14.8 Å². The number of ether oxygens (including phenoxy) is 2. The molecule has 0 bridgehead atoms. The molecule has 3 rings (SSSR count). The first-order valence-corrected chi connectivity index (χ1v) is 8.66. The summed E-state index contributed by atoms with van der Waals surface area (Å²) in [5.74, 6) is 0.947. The molecule has 0 amide bonds. The number of hydrogen-bond donors (Lipinski definition) is 0. The van der Waals surface area contributed by atoms with Gasteiger partial charge in [0.25, 0.3) is 0 Å². The zero-order valence-corrected chi connectivity index (χ0v) is 14.5. The normalized spacial score (nSPS) is 10.4. The van der Waals surface area contributed by atoms with Gasteiger partial charge >= 0.3 is 5.97 Å². The van der Waals surface area contributed by atoms with E-state index in [1.54, 1.807) is 35.3 Å². The van der Waals surface area contributed by atoms with Gasteiger partial charge in [-0.05, 0) is 30.3 Å². The monoisotopic (exact) mass is 355 g/mol. The Bertz CT molecular complexity index is 836. The molecule has 0 saturated carbocycles. The highest BCUT2D eigenvalue weighted by Gasteiger charge is 2.07. The maximum atomic E-state index is 11.5. The zero-order chi connectivity index (χ0) is 17.5. The number of nitrogens with zero attached hydrogens (tertiary/aromatic N) is 3. The molecule has 0 aliphatic rings. The summed E-state index contributed by atoms with van der Waals surface area (Å²) >= 11 is 1.51. The van der Waals surface area contributed by atoms with Gasteiger partial charge in [-0.15, -0.1) is 5.10 Å². The maximum absolute atomic E-state index is 11.5. The van der Waals surface area contributed by atoms with Crippen LogP contribution in [0, 0.1) is 0 Å². The fraction of sp³-hybridized carbons (Fsp3) is 0.167. The van der Waals surface area contributed by atoms with E-state index in [4.69, 9.17) is 9.47 Å². The quantitative estimate of drug-likeness (QED) is 0.368. The maximum Gasteiger partial charge on any atom is 0.337 e. The number of carbonyl (C=O) groups excluding carboxylic acids is 1. The second-order valence-corrected chi connectivity index (χ2v) is 6.09. The SMILES string of the molecule is COC(=O)c1cccc(OCCSc2ncn(-c3ccccc3)n2)c1. The molecular formula is C18H17N3O3S. The number of benzene rings is 2. The van der Waals surface area contributed by atoms with Crippen LogP contribution in [0.25, 0.3) is 5.69 Å². The lowest BCUT2D eigenvalue weighted by atomic mass is 10.2. The largest absolute Gasteiger partial charge is 0.493 e. The highest BCUT2D eigenvalue weighted by atomic mass is 32.2. The van der Waals surface area contributed by atoms with Gasteiger partial charge in [0, 0.05) is 5.75 Å². The average Bonchev–Trinajstić information content (AvgIpc) is 3.14. The van der Waals surface area contributed by atoms with Crippen molar-refractivity contribution < 1.29 is 14.3 Å². The second-order valence-electron chi connectivity index (χ2n) is 5.02. The van der Waals surface area contributed by atoms with Crippen LogP contribution in [0.2, 0.25) is 0 Å². The van der Waals surface area contributed by atoms with Crippen LogP contribution in [-0.4, -0.2) is 40.2 Å². The van der Waals surface area contributed by atoms with Gasteiger partial charge < -0.3 is 9.47 Å². The van der Waals surface area contributed by atoms with Gasteiger partial charge in [0.15, 0.2) is 0 Å². The molecule has 0 aliphatic heterocycles. The highest BCUT2D eigenvalue weighted by Crippen LogP contribution is 2.17. The summed E-state index contributed by atoms with van der Waals surface area (Å²) in [4.78, 5) is 15.8. The van der Waals surface area contributed by atoms with E-state index in [2.05, 4.69) is 10.1 Å². The molecule has 25 heavy (non-hydrogen) atoms. The number of para-hydroxylation sites is 1. The number of thioether (sulfide) groups is 1. The lowest BCUT2D eigenvalue weighted by molar-refractivity contribution is 0.0600. The van der Waals surface area contributed by atoms with Crippen molar-refractivity contribution in [2.75, 3.05) is 19.5 Å². The Morgan fingerprint density at radius 1 is 1.16 bits per heavy atom. The number of methoxy groups -OCH3 is 1. The smallest absolute Gasteiger partial charge is 0.337 e. The fourth-order valence-electron chi connectivity index (χ4n) is 2.14. The van der Waals surface area contributed by atoms with E-state index in [9.17, 15) is 4.79 Å². The predicted octanol–water partition coefficient (Wildman–Crippen LogP) is 3.23. The molecule has 7 heteroatoms. The van der Waals surface area contributed by atoms with Crippen molar-refractivity contribution in [3.05, 3.63) is 66.5 Å². The molecular weight excluding hydrogens is 338 g/mol. The van der Waals surface area contributed by atoms with E-state index in [1.165, 1.54) is 18.9 Å². The van der Waals surface area contributed by atoms with Crippen LogP contribution in [0.15, 0.2) is 66.1 Å². The van der Waals surface area contributed by atoms with Gasteiger partial charge in [-0.3, -0.25) is 0 Å². The third-order valence-electron chi connectivity index (χ3n) is 3.33. The van der Waals surface area contributed by atoms with Crippen molar-refractivity contribution in [1.29, 1.82) is 0 Å². The predicted molar refractivity (Wildman–Crippen MR) is 95.4 cm³/mol. The molecule has 1 aromatic heterocycles. The lowest BCUT2D eigenvalue weighted by Gasteiger charge is -2.06. The Morgan fingerprint density at radius 2 is 2.00 bits per heavy atom. The van der Waals surface area contributed by atoms with Crippen molar-refractivity contribution in [2.24, 2.45) is 0 Å². The average molecular weight is 355 g/mol. The number of aromatic nitrogens is 3. The van der Waals surface area contributed by atoms with Gasteiger partial charge in [-0.2, -0.15) is 0 Å². The van der Waals surface area contributed by atoms with Crippen LogP contribution in [0.1, 0.15) is 10.4 Å². The van der Waals surface area contributed by atoms with Crippen LogP contribution in [0.4, 0.5) is 0 Å². The molecule has 6 nitrogen and oxygen atoms in total. The summed E-state index contributed by atoms with van der Waals surface area (Å²) in [5, 5.41) is 5.12. The van der Waals surface area contributed by atoms with Gasteiger partial charge in [-0.25, -0.2) is 14.5 Å². The van der Waals surface area contributed by atoms with Crippen molar-refractivity contribution >= 4 is 17.7 Å². The second kappa shape index (κ2) is 8.34. The Kier molecular flexibility index (Phi) is 5.69. The molecule has 1 heterocycles. The fourth-order valence-corrected chi connectivity index (χ4v) is 2.76. The molecule has 0 fully saturated rings. The van der Waals surface area contributed by atoms with E-state index < -0.39 is 0 Å². The van der Waals surface area contributed by atoms with Crippen LogP contribution < -0.4 is 4.74 Å². The van der Waals surface area contributed by atoms with Gasteiger partial charge in [0.1, 0.15) is 12.1 Å². The van der Waals surface area contributed by atoms with Crippen molar-refractivity contribution in [3.8, 4) is 11.4 Å². The highest BCUT2D eigenvalue weighted by molar-refractivity contribution is 7.99. The summed E-state index contributed by atoms with van der Waals surface area (Å²) in [5.41, 5.74) is 1.44. The molecule has 0 aliphatic carbocycles. The van der Waals surface area contributed by atoms with Gasteiger partial charge in [0.05, 0.1) is 25.0 Å². The topological polar surface area (TPSA) is 66.2 Å². The van der Waals surface area contributed by atoms with E-state index in [0.717, 1.165) is 5.69 Å². The molecule has 0 atom stereocenters. The van der Waals surface area contributed by atoms with E-state index in [0.29, 0.717) is 28.8 Å². The lowest BCUT2D eigenvalue weighted by Crippen LogP contribution is -2.04. The first kappa shape index (κ1) is 17.0. The van der Waals surface area contributed by atoms with Crippen molar-refractivity contribution in [2.45, 2.75) is 5.16 Å². The molecule has 0 spiro atoms. The van der Waals surface area contributed by atoms with Crippen LogP contribution >= 0.6 is 11.8 Å². The molecule has 128 valence electrons. The van der Waals surface area contributed by atoms with Crippen molar-refractivity contribution in [3.63, 3.8) is 0 Å². The summed E-state index contributed by atoms with van der Waals surface area (Å²) in [7, 11) is 1.36. The Hall–Kier alpha value is -2.80. The van der Waals surface area contributed by atoms with Crippen LogP contribution in [-0.2, 0) is 4.74 Å². The summed E-state index contributed by atoms with van der Waals surface area (Å²) in [6.07, 6.45) is 1.69. The van der Waals surface area contributed by atoms with Gasteiger partial charge in [-0.1, -0.05) is 36.0 Å². The Balaban J connectivity index is 1.49. The third kappa shape index (κ3) is 4.60. The number of rotatable bonds is 7. The molecule has 0 unspecified atom stereocenters. The van der Waals surface area contributed by atoms with Crippen LogP contribution in [0.5, 0.6) is 5.75 Å². The summed E-state index contributed by atoms with van der Waals surface area (Å²) in [6.45, 7) is 0.481. The van der Waals surface area contributed by atoms with E-state index in [-0.39, 0.29) is 5.97 Å². The number of esters is 1. The molecule has 3 aromatic rings. The Labute approximate surface area is 149 Å². The summed E-state index contributed by atoms with van der Waals surface area (Å²) < 4.78 is 12.1. The Morgan fingerprint density at radius 3 is 2.80 bits per heavy atom. The molecule has 0 radical (unpaired) electrons. The molecule has 0 saturated heterocycles. The number of hydrogen-bond acceptors (Lipinski definition) is 6. The summed E-state index contributed by atoms with van der Waals surface area (Å²) in [6, 6.07) is 16.7. The van der Waals surface area contributed by atoms with E-state index >= 15 is 0 Å². The van der Waals surface area contributed by atoms with Gasteiger partial charge in [0.2, 0.25) is 5.16 Å². The first-order valence-electron chi connectivity index (χ1n) is 7.67. The third-order valence-corrected chi connectivity index (χ3v) is 4.15. The molecule has 2 aromatic carbocycles.